The normalized spacial score (nSPS) is 12.1. The van der Waals surface area contributed by atoms with E-state index < -0.39 is 4.92 Å². The number of nitrogens with zero attached hydrogens (tertiary/aromatic N) is 2. The van der Waals surface area contributed by atoms with E-state index >= 15 is 0 Å². The number of hydrogen-bond donors (Lipinski definition) is 1. The summed E-state index contributed by atoms with van der Waals surface area (Å²) in [6.07, 6.45) is 5.10. The fourth-order valence-corrected chi connectivity index (χ4v) is 2.08. The van der Waals surface area contributed by atoms with Crippen molar-refractivity contribution in [2.75, 3.05) is 0 Å². The Balaban J connectivity index is 2.12. The smallest absolute Gasteiger partial charge is 0.269 e. The molecule has 5 heteroatoms. The minimum absolute atomic E-state index is 0.0213. The molecule has 0 atom stereocenters. The van der Waals surface area contributed by atoms with Crippen LogP contribution >= 0.6 is 0 Å². The first-order valence-electron chi connectivity index (χ1n) is 7.56. The van der Waals surface area contributed by atoms with Crippen molar-refractivity contribution in [3.05, 3.63) is 69.8 Å². The highest BCUT2D eigenvalue weighted by atomic mass is 16.6. The van der Waals surface area contributed by atoms with Crippen LogP contribution in [0.5, 0.6) is 5.75 Å². The first-order valence-corrected chi connectivity index (χ1v) is 7.56. The highest BCUT2D eigenvalue weighted by molar-refractivity contribution is 5.81. The molecule has 0 heterocycles. The number of benzene rings is 2. The average Bonchev–Trinajstić information content (AvgIpc) is 2.52. The summed E-state index contributed by atoms with van der Waals surface area (Å²) in [6, 6.07) is 11.6. The van der Waals surface area contributed by atoms with Crippen molar-refractivity contribution < 1.29 is 10.0 Å². The maximum absolute atomic E-state index is 10.6. The predicted molar refractivity (Wildman–Crippen MR) is 97.1 cm³/mol. The van der Waals surface area contributed by atoms with E-state index in [1.54, 1.807) is 36.6 Å². The van der Waals surface area contributed by atoms with Gasteiger partial charge in [0.25, 0.3) is 5.69 Å². The number of rotatable bonds is 4. The summed E-state index contributed by atoms with van der Waals surface area (Å²) in [5, 5.41) is 20.5. The van der Waals surface area contributed by atoms with E-state index in [4.69, 9.17) is 0 Å². The Morgan fingerprint density at radius 3 is 2.38 bits per heavy atom. The van der Waals surface area contributed by atoms with Gasteiger partial charge in [0.05, 0.1) is 4.92 Å². The molecule has 0 saturated heterocycles. The molecule has 2 aromatic carbocycles. The lowest BCUT2D eigenvalue weighted by Crippen LogP contribution is -2.10. The largest absolute Gasteiger partial charge is 0.506 e. The van der Waals surface area contributed by atoms with Gasteiger partial charge in [-0.15, -0.1) is 0 Å². The van der Waals surface area contributed by atoms with Crippen molar-refractivity contribution in [2.45, 2.75) is 26.2 Å². The lowest BCUT2D eigenvalue weighted by Gasteiger charge is -2.19. The molecule has 2 aromatic rings. The molecule has 0 spiro atoms. The molecule has 0 aliphatic rings. The van der Waals surface area contributed by atoms with Gasteiger partial charge in [0.15, 0.2) is 0 Å². The zero-order chi connectivity index (χ0) is 17.7. The SMILES string of the molecule is CC(C)(C)c1ccc(O)c(N=C/C=C/c2ccc([N+](=O)[O-])cc2)c1. The Morgan fingerprint density at radius 1 is 1.12 bits per heavy atom. The lowest BCUT2D eigenvalue weighted by atomic mass is 9.87. The van der Waals surface area contributed by atoms with E-state index in [0.29, 0.717) is 5.69 Å². The number of nitro groups is 1. The molecule has 0 bridgehead atoms. The van der Waals surface area contributed by atoms with Crippen LogP contribution < -0.4 is 0 Å². The maximum atomic E-state index is 10.6. The molecular formula is C19H20N2O3. The number of non-ortho nitro benzene ring substituents is 1. The Labute approximate surface area is 141 Å². The molecule has 0 amide bonds. The van der Waals surface area contributed by atoms with Crippen LogP contribution in [0.3, 0.4) is 0 Å². The first kappa shape index (κ1) is 17.4. The van der Waals surface area contributed by atoms with Crippen LogP contribution in [0.2, 0.25) is 0 Å². The van der Waals surface area contributed by atoms with Crippen molar-refractivity contribution in [2.24, 2.45) is 4.99 Å². The third-order valence-electron chi connectivity index (χ3n) is 3.53. The molecule has 24 heavy (non-hydrogen) atoms. The number of phenols is 1. The topological polar surface area (TPSA) is 75.7 Å². The van der Waals surface area contributed by atoms with E-state index in [1.165, 1.54) is 12.1 Å². The number of phenolic OH excluding ortho intramolecular Hbond substituents is 1. The minimum Gasteiger partial charge on any atom is -0.506 e. The van der Waals surface area contributed by atoms with Gasteiger partial charge in [-0.25, -0.2) is 0 Å². The number of allylic oxidation sites excluding steroid dienone is 1. The van der Waals surface area contributed by atoms with Gasteiger partial charge in [0, 0.05) is 18.3 Å². The Kier molecular flexibility index (Phi) is 5.14. The summed E-state index contributed by atoms with van der Waals surface area (Å²) in [7, 11) is 0. The second-order valence-electron chi connectivity index (χ2n) is 6.44. The Morgan fingerprint density at radius 2 is 1.79 bits per heavy atom. The molecule has 0 aliphatic heterocycles. The van der Waals surface area contributed by atoms with E-state index in [2.05, 4.69) is 25.8 Å². The second-order valence-corrected chi connectivity index (χ2v) is 6.44. The third kappa shape index (κ3) is 4.52. The van der Waals surface area contributed by atoms with Gasteiger partial charge in [-0.3, -0.25) is 15.1 Å². The number of aliphatic imine (C=N–C) groups is 1. The molecule has 1 N–H and O–H groups in total. The molecule has 0 unspecified atom stereocenters. The van der Waals surface area contributed by atoms with Crippen molar-refractivity contribution in [1.82, 2.24) is 0 Å². The van der Waals surface area contributed by atoms with Gasteiger partial charge in [-0.1, -0.05) is 32.9 Å². The Hall–Kier alpha value is -2.95. The van der Waals surface area contributed by atoms with Gasteiger partial charge in [-0.2, -0.15) is 0 Å². The second kappa shape index (κ2) is 7.08. The van der Waals surface area contributed by atoms with Gasteiger partial charge >= 0.3 is 0 Å². The molecule has 2 rings (SSSR count). The molecular weight excluding hydrogens is 304 g/mol. The quantitative estimate of drug-likeness (QED) is 0.488. The zero-order valence-corrected chi connectivity index (χ0v) is 13.9. The van der Waals surface area contributed by atoms with Crippen LogP contribution in [0.15, 0.2) is 53.5 Å². The highest BCUT2D eigenvalue weighted by Crippen LogP contribution is 2.32. The predicted octanol–water partition coefficient (Wildman–Crippen LogP) is 5.01. The number of aromatic hydroxyl groups is 1. The summed E-state index contributed by atoms with van der Waals surface area (Å²) >= 11 is 0. The van der Waals surface area contributed by atoms with Gasteiger partial charge in [0.2, 0.25) is 0 Å². The van der Waals surface area contributed by atoms with Crippen LogP contribution in [0.4, 0.5) is 11.4 Å². The molecule has 5 nitrogen and oxygen atoms in total. The highest BCUT2D eigenvalue weighted by Gasteiger charge is 2.14. The summed E-state index contributed by atoms with van der Waals surface area (Å²) < 4.78 is 0. The van der Waals surface area contributed by atoms with E-state index in [-0.39, 0.29) is 16.9 Å². The fraction of sp³-hybridized carbons (Fsp3) is 0.211. The molecule has 0 fully saturated rings. The monoisotopic (exact) mass is 324 g/mol. The lowest BCUT2D eigenvalue weighted by molar-refractivity contribution is -0.384. The van der Waals surface area contributed by atoms with Crippen LogP contribution in [0, 0.1) is 10.1 Å². The van der Waals surface area contributed by atoms with Crippen molar-refractivity contribution in [3.63, 3.8) is 0 Å². The third-order valence-corrected chi connectivity index (χ3v) is 3.53. The van der Waals surface area contributed by atoms with Crippen molar-refractivity contribution in [3.8, 4) is 5.75 Å². The summed E-state index contributed by atoms with van der Waals surface area (Å²) in [6.45, 7) is 6.30. The van der Waals surface area contributed by atoms with Gasteiger partial charge < -0.3 is 5.11 Å². The molecule has 0 aromatic heterocycles. The van der Waals surface area contributed by atoms with Crippen molar-refractivity contribution >= 4 is 23.7 Å². The zero-order valence-electron chi connectivity index (χ0n) is 13.9. The molecule has 0 saturated carbocycles. The van der Waals surface area contributed by atoms with Crippen LogP contribution in [-0.4, -0.2) is 16.2 Å². The average molecular weight is 324 g/mol. The number of nitro benzene ring substituents is 1. The summed E-state index contributed by atoms with van der Waals surface area (Å²) in [5.74, 6) is 0.128. The maximum Gasteiger partial charge on any atom is 0.269 e. The summed E-state index contributed by atoms with van der Waals surface area (Å²) in [4.78, 5) is 14.4. The van der Waals surface area contributed by atoms with Gasteiger partial charge in [-0.05, 0) is 46.9 Å². The molecule has 124 valence electrons. The first-order chi connectivity index (χ1) is 11.3. The van der Waals surface area contributed by atoms with Crippen LogP contribution in [0.25, 0.3) is 6.08 Å². The molecule has 0 radical (unpaired) electrons. The Bertz CT molecular complexity index is 785. The van der Waals surface area contributed by atoms with Crippen molar-refractivity contribution in [1.29, 1.82) is 0 Å². The van der Waals surface area contributed by atoms with E-state index in [0.717, 1.165) is 11.1 Å². The standard InChI is InChI=1S/C19H20N2O3/c1-19(2,3)15-8-11-18(22)17(13-15)20-12-4-5-14-6-9-16(10-7-14)21(23)24/h4-13,22H,1-3H3/b5-4+,20-12?. The van der Waals surface area contributed by atoms with Crippen LogP contribution in [-0.2, 0) is 5.41 Å². The molecule has 0 aliphatic carbocycles. The van der Waals surface area contributed by atoms with Gasteiger partial charge in [0.1, 0.15) is 11.4 Å². The minimum atomic E-state index is -0.431. The number of hydrogen-bond acceptors (Lipinski definition) is 4. The fourth-order valence-electron chi connectivity index (χ4n) is 2.08. The van der Waals surface area contributed by atoms with E-state index in [1.807, 2.05) is 12.1 Å². The van der Waals surface area contributed by atoms with Crippen LogP contribution in [0.1, 0.15) is 31.9 Å². The summed E-state index contributed by atoms with van der Waals surface area (Å²) in [5.41, 5.74) is 2.47. The van der Waals surface area contributed by atoms with E-state index in [9.17, 15) is 15.2 Å².